The molecule has 3 rings (SSSR count). The molecule has 0 bridgehead atoms. The molecular formula is C16H18N2O2S. The highest BCUT2D eigenvalue weighted by Crippen LogP contribution is 2.29. The van der Waals surface area contributed by atoms with Crippen molar-refractivity contribution in [1.82, 2.24) is 0 Å². The number of hydrogen-bond acceptors (Lipinski definition) is 3. The number of nitrogens with one attached hydrogen (secondary N) is 1. The summed E-state index contributed by atoms with van der Waals surface area (Å²) >= 11 is 0. The number of anilines is 2. The molecule has 4 nitrogen and oxygen atoms in total. The van der Waals surface area contributed by atoms with Gasteiger partial charge in [-0.2, -0.15) is 0 Å². The Morgan fingerprint density at radius 1 is 0.952 bits per heavy atom. The van der Waals surface area contributed by atoms with E-state index in [-0.39, 0.29) is 4.90 Å². The molecule has 110 valence electrons. The Balaban J connectivity index is 1.94. The Morgan fingerprint density at radius 2 is 1.67 bits per heavy atom. The van der Waals surface area contributed by atoms with Crippen LogP contribution in [0.2, 0.25) is 0 Å². The number of sulfonamides is 1. The zero-order valence-corrected chi connectivity index (χ0v) is 12.5. The van der Waals surface area contributed by atoms with E-state index in [0.717, 1.165) is 24.8 Å². The number of benzene rings is 2. The number of aryl methyl sites for hydroxylation is 1. The van der Waals surface area contributed by atoms with Crippen LogP contribution in [-0.2, 0) is 22.9 Å². The molecule has 0 unspecified atom stereocenters. The molecule has 0 radical (unpaired) electrons. The lowest BCUT2D eigenvalue weighted by molar-refractivity contribution is 0.601. The molecule has 0 aromatic heterocycles. The number of hydrogen-bond donors (Lipinski definition) is 2. The van der Waals surface area contributed by atoms with Crippen molar-refractivity contribution in [3.8, 4) is 0 Å². The smallest absolute Gasteiger partial charge is 0.261 e. The minimum Gasteiger partial charge on any atom is -0.399 e. The summed E-state index contributed by atoms with van der Waals surface area (Å²) in [6.07, 6.45) is 4.22. The first kappa shape index (κ1) is 13.9. The molecule has 1 aliphatic rings. The Labute approximate surface area is 125 Å². The zero-order valence-electron chi connectivity index (χ0n) is 11.7. The van der Waals surface area contributed by atoms with Gasteiger partial charge in [0.05, 0.1) is 10.6 Å². The molecule has 0 aliphatic heterocycles. The van der Waals surface area contributed by atoms with Gasteiger partial charge in [-0.3, -0.25) is 4.72 Å². The van der Waals surface area contributed by atoms with E-state index >= 15 is 0 Å². The summed E-state index contributed by atoms with van der Waals surface area (Å²) in [7, 11) is -3.57. The molecule has 0 fully saturated rings. The fourth-order valence-corrected chi connectivity index (χ4v) is 3.82. The van der Waals surface area contributed by atoms with Crippen LogP contribution in [0.25, 0.3) is 0 Å². The minimum atomic E-state index is -3.57. The van der Waals surface area contributed by atoms with Gasteiger partial charge in [0, 0.05) is 5.69 Å². The summed E-state index contributed by atoms with van der Waals surface area (Å²) in [5.74, 6) is 0. The van der Waals surface area contributed by atoms with Crippen molar-refractivity contribution < 1.29 is 8.42 Å². The van der Waals surface area contributed by atoms with E-state index in [0.29, 0.717) is 11.4 Å². The van der Waals surface area contributed by atoms with Gasteiger partial charge in [-0.25, -0.2) is 8.42 Å². The fraction of sp³-hybridized carbons (Fsp3) is 0.250. The van der Waals surface area contributed by atoms with Crippen molar-refractivity contribution in [2.45, 2.75) is 30.6 Å². The second-order valence-corrected chi connectivity index (χ2v) is 7.01. The quantitative estimate of drug-likeness (QED) is 0.856. The highest BCUT2D eigenvalue weighted by molar-refractivity contribution is 7.92. The predicted octanol–water partition coefficient (Wildman–Crippen LogP) is 2.95. The summed E-state index contributed by atoms with van der Waals surface area (Å²) in [4.78, 5) is 0.227. The summed E-state index contributed by atoms with van der Waals surface area (Å²) in [6.45, 7) is 0. The third-order valence-electron chi connectivity index (χ3n) is 3.83. The second kappa shape index (κ2) is 5.41. The minimum absolute atomic E-state index is 0.227. The van der Waals surface area contributed by atoms with Gasteiger partial charge < -0.3 is 5.73 Å². The van der Waals surface area contributed by atoms with Crippen molar-refractivity contribution in [2.24, 2.45) is 0 Å². The Morgan fingerprint density at radius 3 is 2.43 bits per heavy atom. The van der Waals surface area contributed by atoms with Crippen LogP contribution in [0.3, 0.4) is 0 Å². The summed E-state index contributed by atoms with van der Waals surface area (Å²) in [6, 6.07) is 12.0. The molecule has 0 spiro atoms. The van der Waals surface area contributed by atoms with Gasteiger partial charge in [0.25, 0.3) is 10.0 Å². The molecular weight excluding hydrogens is 284 g/mol. The van der Waals surface area contributed by atoms with E-state index in [1.54, 1.807) is 12.1 Å². The van der Waals surface area contributed by atoms with Crippen molar-refractivity contribution in [1.29, 1.82) is 0 Å². The lowest BCUT2D eigenvalue weighted by Gasteiger charge is -2.20. The van der Waals surface area contributed by atoms with Crippen LogP contribution in [-0.4, -0.2) is 8.42 Å². The van der Waals surface area contributed by atoms with Crippen molar-refractivity contribution in [3.05, 3.63) is 53.6 Å². The molecule has 1 aliphatic carbocycles. The number of nitrogens with two attached hydrogens (primary N) is 1. The third kappa shape index (κ3) is 2.88. The van der Waals surface area contributed by atoms with Crippen LogP contribution in [0.15, 0.2) is 47.4 Å². The zero-order chi connectivity index (χ0) is 14.9. The maximum atomic E-state index is 12.4. The highest BCUT2D eigenvalue weighted by atomic mass is 32.2. The number of fused-ring (bicyclic) bond motifs is 1. The molecule has 21 heavy (non-hydrogen) atoms. The van der Waals surface area contributed by atoms with E-state index in [9.17, 15) is 8.42 Å². The molecule has 2 aromatic carbocycles. The Hall–Kier alpha value is -2.01. The Kier molecular flexibility index (Phi) is 3.59. The third-order valence-corrected chi connectivity index (χ3v) is 5.21. The lowest BCUT2D eigenvalue weighted by Crippen LogP contribution is -2.16. The van der Waals surface area contributed by atoms with E-state index in [1.165, 1.54) is 24.1 Å². The van der Waals surface area contributed by atoms with Crippen molar-refractivity contribution in [2.75, 3.05) is 10.5 Å². The van der Waals surface area contributed by atoms with Gasteiger partial charge in [-0.1, -0.05) is 12.1 Å². The van der Waals surface area contributed by atoms with Crippen LogP contribution in [0.5, 0.6) is 0 Å². The van der Waals surface area contributed by atoms with Gasteiger partial charge >= 0.3 is 0 Å². The molecule has 0 heterocycles. The predicted molar refractivity (Wildman–Crippen MR) is 84.7 cm³/mol. The normalized spacial score (nSPS) is 14.5. The van der Waals surface area contributed by atoms with Gasteiger partial charge in [-0.15, -0.1) is 0 Å². The first-order valence-corrected chi connectivity index (χ1v) is 8.54. The molecule has 0 atom stereocenters. The Bertz CT molecular complexity index is 752. The molecule has 0 saturated heterocycles. The fourth-order valence-electron chi connectivity index (χ4n) is 2.73. The molecule has 3 N–H and O–H groups in total. The SMILES string of the molecule is Nc1ccc(S(=O)(=O)Nc2cccc3c2CCCC3)cc1. The maximum absolute atomic E-state index is 12.4. The van der Waals surface area contributed by atoms with E-state index in [2.05, 4.69) is 10.8 Å². The van der Waals surface area contributed by atoms with E-state index < -0.39 is 10.0 Å². The first-order valence-electron chi connectivity index (χ1n) is 7.05. The summed E-state index contributed by atoms with van der Waals surface area (Å²) in [5.41, 5.74) is 9.22. The van der Waals surface area contributed by atoms with Crippen molar-refractivity contribution in [3.63, 3.8) is 0 Å². The second-order valence-electron chi connectivity index (χ2n) is 5.32. The monoisotopic (exact) mass is 302 g/mol. The van der Waals surface area contributed by atoms with E-state index in [1.807, 2.05) is 12.1 Å². The molecule has 0 saturated carbocycles. The lowest BCUT2D eigenvalue weighted by atomic mass is 9.91. The average Bonchev–Trinajstić information content (AvgIpc) is 2.48. The van der Waals surface area contributed by atoms with Gasteiger partial charge in [0.2, 0.25) is 0 Å². The largest absolute Gasteiger partial charge is 0.399 e. The number of rotatable bonds is 3. The first-order chi connectivity index (χ1) is 10.1. The van der Waals surface area contributed by atoms with Crippen LogP contribution < -0.4 is 10.5 Å². The topological polar surface area (TPSA) is 72.2 Å². The molecule has 2 aromatic rings. The van der Waals surface area contributed by atoms with Gasteiger partial charge in [0.15, 0.2) is 0 Å². The van der Waals surface area contributed by atoms with Crippen LogP contribution in [0.4, 0.5) is 11.4 Å². The molecule has 5 heteroatoms. The van der Waals surface area contributed by atoms with Crippen LogP contribution >= 0.6 is 0 Å². The van der Waals surface area contributed by atoms with Gasteiger partial charge in [0.1, 0.15) is 0 Å². The highest BCUT2D eigenvalue weighted by Gasteiger charge is 2.18. The maximum Gasteiger partial charge on any atom is 0.261 e. The van der Waals surface area contributed by atoms with Crippen LogP contribution in [0.1, 0.15) is 24.0 Å². The number of nitrogen functional groups attached to an aromatic ring is 1. The van der Waals surface area contributed by atoms with E-state index in [4.69, 9.17) is 5.73 Å². The standard InChI is InChI=1S/C16H18N2O2S/c17-13-8-10-14(11-9-13)21(19,20)18-16-7-3-5-12-4-1-2-6-15(12)16/h3,5,7-11,18H,1-2,4,6,17H2. The summed E-state index contributed by atoms with van der Waals surface area (Å²) < 4.78 is 27.6. The van der Waals surface area contributed by atoms with Gasteiger partial charge in [-0.05, 0) is 67.1 Å². The average molecular weight is 302 g/mol. The molecule has 0 amide bonds. The van der Waals surface area contributed by atoms with Crippen LogP contribution in [0, 0.1) is 0 Å². The summed E-state index contributed by atoms with van der Waals surface area (Å²) in [5, 5.41) is 0. The van der Waals surface area contributed by atoms with Crippen molar-refractivity contribution >= 4 is 21.4 Å².